The number of rotatable bonds is 5. The normalized spacial score (nSPS) is 14.6. The Morgan fingerprint density at radius 2 is 1.72 bits per heavy atom. The maximum absolute atomic E-state index is 12.1. The Bertz CT molecular complexity index is 877. The van der Waals surface area contributed by atoms with Crippen LogP contribution in [0.15, 0.2) is 59.5 Å². The zero-order valence-corrected chi connectivity index (χ0v) is 14.3. The molecule has 1 saturated heterocycles. The first-order valence-corrected chi connectivity index (χ1v) is 9.44. The van der Waals surface area contributed by atoms with Gasteiger partial charge in [0.2, 0.25) is 11.8 Å². The average molecular weight is 358 g/mol. The summed E-state index contributed by atoms with van der Waals surface area (Å²) in [6.07, 6.45) is 1.35. The van der Waals surface area contributed by atoms with Crippen molar-refractivity contribution in [3.05, 3.63) is 60.2 Å². The summed E-state index contributed by atoms with van der Waals surface area (Å²) < 4.78 is 26.3. The highest BCUT2D eigenvalue weighted by molar-refractivity contribution is 7.90. The molecule has 25 heavy (non-hydrogen) atoms. The second-order valence-electron chi connectivity index (χ2n) is 5.83. The quantitative estimate of drug-likeness (QED) is 0.884. The molecule has 0 atom stereocenters. The number of anilines is 1. The molecule has 0 aliphatic carbocycles. The monoisotopic (exact) mass is 358 g/mol. The molecule has 1 fully saturated rings. The average Bonchev–Trinajstić information content (AvgIpc) is 3.02. The SMILES string of the molecule is O=C(Cc1ccc(N2CCCC2=O)cc1)NS(=O)(=O)c1ccccc1. The minimum Gasteiger partial charge on any atom is -0.312 e. The highest BCUT2D eigenvalue weighted by Gasteiger charge is 2.22. The fraction of sp³-hybridized carbons (Fsp3) is 0.222. The number of hydrogen-bond acceptors (Lipinski definition) is 4. The molecule has 2 amide bonds. The summed E-state index contributed by atoms with van der Waals surface area (Å²) >= 11 is 0. The number of carbonyl (C=O) groups excluding carboxylic acids is 2. The van der Waals surface area contributed by atoms with Crippen LogP contribution in [0.1, 0.15) is 18.4 Å². The van der Waals surface area contributed by atoms with Gasteiger partial charge in [0.15, 0.2) is 0 Å². The van der Waals surface area contributed by atoms with Gasteiger partial charge in [0, 0.05) is 18.7 Å². The lowest BCUT2D eigenvalue weighted by Gasteiger charge is -2.15. The van der Waals surface area contributed by atoms with Crippen molar-refractivity contribution < 1.29 is 18.0 Å². The second-order valence-corrected chi connectivity index (χ2v) is 7.52. The van der Waals surface area contributed by atoms with E-state index in [1.165, 1.54) is 12.1 Å². The highest BCUT2D eigenvalue weighted by Crippen LogP contribution is 2.21. The Morgan fingerprint density at radius 3 is 2.32 bits per heavy atom. The van der Waals surface area contributed by atoms with Crippen LogP contribution in [0, 0.1) is 0 Å². The summed E-state index contributed by atoms with van der Waals surface area (Å²) in [7, 11) is -3.86. The molecular weight excluding hydrogens is 340 g/mol. The lowest BCUT2D eigenvalue weighted by Crippen LogP contribution is -2.31. The van der Waals surface area contributed by atoms with Crippen LogP contribution in [0.3, 0.4) is 0 Å². The Balaban J connectivity index is 1.64. The predicted octanol–water partition coefficient (Wildman–Crippen LogP) is 1.86. The van der Waals surface area contributed by atoms with Crippen molar-refractivity contribution in [2.45, 2.75) is 24.2 Å². The zero-order chi connectivity index (χ0) is 17.9. The molecule has 1 aliphatic rings. The van der Waals surface area contributed by atoms with E-state index in [9.17, 15) is 18.0 Å². The fourth-order valence-electron chi connectivity index (χ4n) is 2.74. The molecule has 1 aliphatic heterocycles. The summed E-state index contributed by atoms with van der Waals surface area (Å²) in [6.45, 7) is 0.702. The van der Waals surface area contributed by atoms with Gasteiger partial charge in [-0.3, -0.25) is 9.59 Å². The molecular formula is C18H18N2O4S. The smallest absolute Gasteiger partial charge is 0.264 e. The van der Waals surface area contributed by atoms with Crippen molar-refractivity contribution in [1.29, 1.82) is 0 Å². The zero-order valence-electron chi connectivity index (χ0n) is 13.5. The van der Waals surface area contributed by atoms with Crippen LogP contribution >= 0.6 is 0 Å². The number of amides is 2. The topological polar surface area (TPSA) is 83.6 Å². The van der Waals surface area contributed by atoms with Crippen molar-refractivity contribution in [3.8, 4) is 0 Å². The molecule has 0 aromatic heterocycles. The molecule has 2 aromatic carbocycles. The molecule has 1 N–H and O–H groups in total. The third-order valence-electron chi connectivity index (χ3n) is 3.99. The predicted molar refractivity (Wildman–Crippen MR) is 93.5 cm³/mol. The maximum atomic E-state index is 12.1. The fourth-order valence-corrected chi connectivity index (χ4v) is 3.75. The molecule has 0 spiro atoms. The number of benzene rings is 2. The summed E-state index contributed by atoms with van der Waals surface area (Å²) in [5.74, 6) is -0.506. The Hall–Kier alpha value is -2.67. The number of carbonyl (C=O) groups is 2. The van der Waals surface area contributed by atoms with Crippen LogP contribution in [0.4, 0.5) is 5.69 Å². The van der Waals surface area contributed by atoms with Crippen LogP contribution in [-0.4, -0.2) is 26.8 Å². The molecule has 6 nitrogen and oxygen atoms in total. The summed E-state index contributed by atoms with van der Waals surface area (Å²) in [5.41, 5.74) is 1.47. The number of hydrogen-bond donors (Lipinski definition) is 1. The number of sulfonamides is 1. The molecule has 0 unspecified atom stereocenters. The third kappa shape index (κ3) is 4.06. The summed E-state index contributed by atoms with van der Waals surface area (Å²) in [6, 6.07) is 14.8. The molecule has 0 saturated carbocycles. The van der Waals surface area contributed by atoms with Gasteiger partial charge >= 0.3 is 0 Å². The van der Waals surface area contributed by atoms with Gasteiger partial charge in [0.05, 0.1) is 11.3 Å². The van der Waals surface area contributed by atoms with Gasteiger partial charge in [-0.25, -0.2) is 13.1 Å². The molecule has 0 bridgehead atoms. The van der Waals surface area contributed by atoms with Gasteiger partial charge < -0.3 is 4.90 Å². The van der Waals surface area contributed by atoms with E-state index in [0.717, 1.165) is 12.1 Å². The Kier molecular flexibility index (Phi) is 4.85. The Labute approximate surface area is 146 Å². The van der Waals surface area contributed by atoms with E-state index in [0.29, 0.717) is 18.5 Å². The molecule has 1 heterocycles. The van der Waals surface area contributed by atoms with E-state index in [4.69, 9.17) is 0 Å². The van der Waals surface area contributed by atoms with E-state index < -0.39 is 15.9 Å². The van der Waals surface area contributed by atoms with E-state index in [1.54, 1.807) is 47.4 Å². The maximum Gasteiger partial charge on any atom is 0.264 e. The number of nitrogens with one attached hydrogen (secondary N) is 1. The van der Waals surface area contributed by atoms with Gasteiger partial charge in [-0.2, -0.15) is 0 Å². The Morgan fingerprint density at radius 1 is 1.04 bits per heavy atom. The van der Waals surface area contributed by atoms with Crippen LogP contribution in [0.5, 0.6) is 0 Å². The minimum absolute atomic E-state index is 0.0474. The van der Waals surface area contributed by atoms with Crippen LogP contribution in [0.2, 0.25) is 0 Å². The van der Waals surface area contributed by atoms with Gasteiger partial charge in [-0.05, 0) is 36.2 Å². The first-order valence-electron chi connectivity index (χ1n) is 7.96. The van der Waals surface area contributed by atoms with Crippen molar-refractivity contribution in [3.63, 3.8) is 0 Å². The van der Waals surface area contributed by atoms with Crippen LogP contribution in [0.25, 0.3) is 0 Å². The third-order valence-corrected chi connectivity index (χ3v) is 5.38. The molecule has 130 valence electrons. The van der Waals surface area contributed by atoms with Gasteiger partial charge in [0.25, 0.3) is 10.0 Å². The molecule has 3 rings (SSSR count). The standard InChI is InChI=1S/C18H18N2O4S/c21-17(19-25(23,24)16-5-2-1-3-6-16)13-14-8-10-15(11-9-14)20-12-4-7-18(20)22/h1-3,5-6,8-11H,4,7,12-13H2,(H,19,21). The van der Waals surface area contributed by atoms with Gasteiger partial charge in [-0.1, -0.05) is 30.3 Å². The largest absolute Gasteiger partial charge is 0.312 e. The highest BCUT2D eigenvalue weighted by atomic mass is 32.2. The lowest BCUT2D eigenvalue weighted by atomic mass is 10.1. The lowest BCUT2D eigenvalue weighted by molar-refractivity contribution is -0.119. The van der Waals surface area contributed by atoms with E-state index >= 15 is 0 Å². The van der Waals surface area contributed by atoms with Crippen molar-refractivity contribution >= 4 is 27.5 Å². The van der Waals surface area contributed by atoms with Crippen molar-refractivity contribution in [1.82, 2.24) is 4.72 Å². The molecule has 7 heteroatoms. The summed E-state index contributed by atoms with van der Waals surface area (Å²) in [4.78, 5) is 25.5. The molecule has 2 aromatic rings. The van der Waals surface area contributed by atoms with E-state index in [-0.39, 0.29) is 17.2 Å². The minimum atomic E-state index is -3.86. The van der Waals surface area contributed by atoms with Crippen LogP contribution < -0.4 is 9.62 Å². The number of nitrogens with zero attached hydrogens (tertiary/aromatic N) is 1. The van der Waals surface area contributed by atoms with Crippen molar-refractivity contribution in [2.75, 3.05) is 11.4 Å². The first-order chi connectivity index (χ1) is 12.0. The van der Waals surface area contributed by atoms with E-state index in [2.05, 4.69) is 4.72 Å². The second kappa shape index (κ2) is 7.06. The first kappa shape index (κ1) is 17.2. The van der Waals surface area contributed by atoms with E-state index in [1.807, 2.05) is 0 Å². The molecule has 0 radical (unpaired) electrons. The van der Waals surface area contributed by atoms with Gasteiger partial charge in [-0.15, -0.1) is 0 Å². The van der Waals surface area contributed by atoms with Gasteiger partial charge in [0.1, 0.15) is 0 Å². The van der Waals surface area contributed by atoms with Crippen molar-refractivity contribution in [2.24, 2.45) is 0 Å². The van der Waals surface area contributed by atoms with Crippen LogP contribution in [-0.2, 0) is 26.0 Å². The summed E-state index contributed by atoms with van der Waals surface area (Å²) in [5, 5.41) is 0.